The second-order valence-corrected chi connectivity index (χ2v) is 4.15. The molecule has 5 heteroatoms. The maximum atomic E-state index is 11.2. The molecule has 1 amide bonds. The highest BCUT2D eigenvalue weighted by Gasteiger charge is 2.05. The van der Waals surface area contributed by atoms with E-state index in [1.165, 1.54) is 5.56 Å². The van der Waals surface area contributed by atoms with Gasteiger partial charge in [-0.3, -0.25) is 16.8 Å². The molecule has 0 unspecified atom stereocenters. The molecular weight excluding hydrogens is 218 g/mol. The van der Waals surface area contributed by atoms with Crippen LogP contribution in [0.1, 0.15) is 30.9 Å². The number of ether oxygens (including phenoxy) is 1. The molecule has 0 saturated heterocycles. The summed E-state index contributed by atoms with van der Waals surface area (Å²) in [4.78, 5) is 11.2. The lowest BCUT2D eigenvalue weighted by atomic mass is 10.0. The topological polar surface area (TPSA) is 90.4 Å². The van der Waals surface area contributed by atoms with E-state index in [-0.39, 0.29) is 6.61 Å². The van der Waals surface area contributed by atoms with Crippen LogP contribution in [0.5, 0.6) is 0 Å². The summed E-state index contributed by atoms with van der Waals surface area (Å²) in [5.41, 5.74) is 12.5. The molecule has 0 spiro atoms. The molecule has 0 heterocycles. The van der Waals surface area contributed by atoms with Crippen LogP contribution in [0.2, 0.25) is 0 Å². The number of carbonyl (C=O) groups excluding carboxylic acids is 1. The zero-order chi connectivity index (χ0) is 12.8. The summed E-state index contributed by atoms with van der Waals surface area (Å²) in [6.07, 6.45) is -1.51. The molecule has 17 heavy (non-hydrogen) atoms. The Kier molecular flexibility index (Phi) is 4.93. The molecule has 5 N–H and O–H groups in total. The molecule has 0 aliphatic carbocycles. The van der Waals surface area contributed by atoms with E-state index in [0.29, 0.717) is 5.92 Å². The fraction of sp³-hybridized carbons (Fsp3) is 0.417. The van der Waals surface area contributed by atoms with Gasteiger partial charge in [0.1, 0.15) is 12.9 Å². The van der Waals surface area contributed by atoms with Gasteiger partial charge in [0.2, 0.25) is 0 Å². The Morgan fingerprint density at radius 3 is 2.71 bits per heavy atom. The van der Waals surface area contributed by atoms with Crippen molar-refractivity contribution >= 4 is 6.09 Å². The minimum atomic E-state index is -0.899. The fourth-order valence-corrected chi connectivity index (χ4v) is 1.37. The Morgan fingerprint density at radius 1 is 1.41 bits per heavy atom. The number of amides is 1. The van der Waals surface area contributed by atoms with Gasteiger partial charge >= 0.3 is 6.09 Å². The van der Waals surface area contributed by atoms with Crippen molar-refractivity contribution in [2.75, 3.05) is 0 Å². The second kappa shape index (κ2) is 6.22. The first-order valence-corrected chi connectivity index (χ1v) is 5.52. The highest BCUT2D eigenvalue weighted by molar-refractivity contribution is 5.67. The fourth-order valence-electron chi connectivity index (χ4n) is 1.37. The third-order valence-corrected chi connectivity index (χ3v) is 2.27. The summed E-state index contributed by atoms with van der Waals surface area (Å²) in [5.74, 6) is 0.446. The highest BCUT2D eigenvalue weighted by Crippen LogP contribution is 2.15. The van der Waals surface area contributed by atoms with Crippen LogP contribution in [0.3, 0.4) is 0 Å². The van der Waals surface area contributed by atoms with Crippen LogP contribution >= 0.6 is 0 Å². The normalized spacial score (nSPS) is 10.7. The molecule has 0 atom stereocenters. The first-order valence-electron chi connectivity index (χ1n) is 5.52. The van der Waals surface area contributed by atoms with Crippen LogP contribution in [0.15, 0.2) is 24.3 Å². The molecule has 0 fully saturated rings. The van der Waals surface area contributed by atoms with Crippen molar-refractivity contribution in [1.29, 1.82) is 0 Å². The van der Waals surface area contributed by atoms with E-state index in [4.69, 9.17) is 16.2 Å². The smallest absolute Gasteiger partial charge is 0.409 e. The number of nitrogens with one attached hydrogen (secondary N) is 1. The van der Waals surface area contributed by atoms with E-state index in [2.05, 4.69) is 19.2 Å². The molecule has 0 aromatic heterocycles. The van der Waals surface area contributed by atoms with Crippen LogP contribution in [0.25, 0.3) is 0 Å². The van der Waals surface area contributed by atoms with Crippen molar-refractivity contribution in [3.05, 3.63) is 35.4 Å². The van der Waals surface area contributed by atoms with E-state index in [1.807, 2.05) is 24.3 Å². The SMILES string of the molecule is CC(C)c1cccc(COC(=O)NC(N)N)c1. The summed E-state index contributed by atoms with van der Waals surface area (Å²) < 4.78 is 4.96. The summed E-state index contributed by atoms with van der Waals surface area (Å²) in [6.45, 7) is 4.43. The largest absolute Gasteiger partial charge is 0.445 e. The van der Waals surface area contributed by atoms with E-state index in [9.17, 15) is 4.79 Å². The van der Waals surface area contributed by atoms with E-state index < -0.39 is 12.4 Å². The molecule has 0 aliphatic rings. The maximum absolute atomic E-state index is 11.2. The standard InChI is InChI=1S/C12H19N3O2/c1-8(2)10-5-3-4-9(6-10)7-17-12(16)15-11(13)14/h3-6,8,11H,7,13-14H2,1-2H3,(H,15,16). The lowest BCUT2D eigenvalue weighted by molar-refractivity contribution is 0.136. The first-order chi connectivity index (χ1) is 7.99. The van der Waals surface area contributed by atoms with Crippen LogP contribution < -0.4 is 16.8 Å². The number of carbonyl (C=O) groups is 1. The van der Waals surface area contributed by atoms with Gasteiger partial charge < -0.3 is 4.74 Å². The van der Waals surface area contributed by atoms with Gasteiger partial charge in [-0.05, 0) is 17.0 Å². The molecule has 0 saturated carbocycles. The maximum Gasteiger partial charge on any atom is 0.409 e. The molecular formula is C12H19N3O2. The zero-order valence-electron chi connectivity index (χ0n) is 10.1. The quantitative estimate of drug-likeness (QED) is 0.687. The minimum absolute atomic E-state index is 0.207. The van der Waals surface area contributed by atoms with Crippen molar-refractivity contribution in [2.24, 2.45) is 11.5 Å². The molecule has 1 rings (SSSR count). The molecule has 0 aliphatic heterocycles. The Balaban J connectivity index is 2.52. The van der Waals surface area contributed by atoms with Crippen LogP contribution in [-0.2, 0) is 11.3 Å². The van der Waals surface area contributed by atoms with Gasteiger partial charge in [-0.25, -0.2) is 4.79 Å². The molecule has 1 aromatic carbocycles. The first kappa shape index (κ1) is 13.5. The van der Waals surface area contributed by atoms with Gasteiger partial charge in [-0.1, -0.05) is 38.1 Å². The van der Waals surface area contributed by atoms with Crippen molar-refractivity contribution in [2.45, 2.75) is 32.7 Å². The van der Waals surface area contributed by atoms with Gasteiger partial charge in [0, 0.05) is 0 Å². The molecule has 0 radical (unpaired) electrons. The van der Waals surface area contributed by atoms with Gasteiger partial charge in [0.05, 0.1) is 0 Å². The van der Waals surface area contributed by atoms with Crippen molar-refractivity contribution < 1.29 is 9.53 Å². The Labute approximate surface area is 101 Å². The van der Waals surface area contributed by atoms with Crippen molar-refractivity contribution in [3.8, 4) is 0 Å². The van der Waals surface area contributed by atoms with E-state index in [0.717, 1.165) is 5.56 Å². The number of benzene rings is 1. The monoisotopic (exact) mass is 237 g/mol. The van der Waals surface area contributed by atoms with Gasteiger partial charge in [0.15, 0.2) is 0 Å². The number of nitrogens with two attached hydrogens (primary N) is 2. The van der Waals surface area contributed by atoms with Gasteiger partial charge in [-0.2, -0.15) is 0 Å². The molecule has 1 aromatic rings. The summed E-state index contributed by atoms with van der Waals surface area (Å²) >= 11 is 0. The molecule has 94 valence electrons. The second-order valence-electron chi connectivity index (χ2n) is 4.15. The Hall–Kier alpha value is -1.59. The third-order valence-electron chi connectivity index (χ3n) is 2.27. The number of alkyl carbamates (subject to hydrolysis) is 1. The average Bonchev–Trinajstić information content (AvgIpc) is 2.26. The lowest BCUT2D eigenvalue weighted by Gasteiger charge is -2.11. The summed E-state index contributed by atoms with van der Waals surface area (Å²) in [6, 6.07) is 7.91. The average molecular weight is 237 g/mol. The van der Waals surface area contributed by atoms with Crippen molar-refractivity contribution in [3.63, 3.8) is 0 Å². The van der Waals surface area contributed by atoms with Crippen LogP contribution in [-0.4, -0.2) is 12.4 Å². The predicted molar refractivity (Wildman–Crippen MR) is 66.0 cm³/mol. The molecule has 5 nitrogen and oxygen atoms in total. The predicted octanol–water partition coefficient (Wildman–Crippen LogP) is 1.24. The molecule has 0 bridgehead atoms. The Morgan fingerprint density at radius 2 is 2.12 bits per heavy atom. The Bertz CT molecular complexity index is 378. The van der Waals surface area contributed by atoms with E-state index >= 15 is 0 Å². The number of hydrogen-bond acceptors (Lipinski definition) is 4. The number of hydrogen-bond donors (Lipinski definition) is 3. The van der Waals surface area contributed by atoms with Crippen LogP contribution in [0.4, 0.5) is 4.79 Å². The highest BCUT2D eigenvalue weighted by atomic mass is 16.5. The summed E-state index contributed by atoms with van der Waals surface area (Å²) in [7, 11) is 0. The minimum Gasteiger partial charge on any atom is -0.445 e. The summed E-state index contributed by atoms with van der Waals surface area (Å²) in [5, 5.41) is 2.24. The van der Waals surface area contributed by atoms with Gasteiger partial charge in [0.25, 0.3) is 0 Å². The van der Waals surface area contributed by atoms with Crippen LogP contribution in [0, 0.1) is 0 Å². The van der Waals surface area contributed by atoms with E-state index in [1.54, 1.807) is 0 Å². The number of rotatable bonds is 4. The zero-order valence-corrected chi connectivity index (χ0v) is 10.1. The van der Waals surface area contributed by atoms with Crippen molar-refractivity contribution in [1.82, 2.24) is 5.32 Å². The third kappa shape index (κ3) is 4.84. The lowest BCUT2D eigenvalue weighted by Crippen LogP contribution is -2.48. The van der Waals surface area contributed by atoms with Gasteiger partial charge in [-0.15, -0.1) is 0 Å².